The number of carbonyl (C=O) groups excluding carboxylic acids is 1. The second-order valence-corrected chi connectivity index (χ2v) is 4.82. The van der Waals surface area contributed by atoms with Crippen LogP contribution in [0.3, 0.4) is 0 Å². The van der Waals surface area contributed by atoms with Crippen LogP contribution in [-0.2, 0) is 11.2 Å². The van der Waals surface area contributed by atoms with Crippen molar-refractivity contribution in [2.45, 2.75) is 32.1 Å². The van der Waals surface area contributed by atoms with Gasteiger partial charge in [-0.2, -0.15) is 5.10 Å². The van der Waals surface area contributed by atoms with Crippen molar-refractivity contribution in [3.63, 3.8) is 0 Å². The number of benzene rings is 1. The molecule has 3 heteroatoms. The zero-order chi connectivity index (χ0) is 11.7. The van der Waals surface area contributed by atoms with Crippen LogP contribution in [0.15, 0.2) is 29.4 Å². The molecule has 2 aliphatic rings. The standard InChI is InChI=1S/C14H16N2O/c17-14(11-8-9-11)16-15-13-7-3-5-10-4-1-2-6-12(10)13/h1-2,4,6,11H,3,5,7-9H2,(H,16,17)/b15-13+. The van der Waals surface area contributed by atoms with Crippen molar-refractivity contribution >= 4 is 11.6 Å². The molecule has 0 unspecified atom stereocenters. The smallest absolute Gasteiger partial charge is 0.243 e. The lowest BCUT2D eigenvalue weighted by molar-refractivity contribution is -0.122. The van der Waals surface area contributed by atoms with Gasteiger partial charge in [0.2, 0.25) is 5.91 Å². The number of hydrogen-bond donors (Lipinski definition) is 1. The zero-order valence-electron chi connectivity index (χ0n) is 9.78. The molecular formula is C14H16N2O. The number of hydrazone groups is 1. The van der Waals surface area contributed by atoms with Crippen LogP contribution in [0, 0.1) is 5.92 Å². The minimum Gasteiger partial charge on any atom is -0.273 e. The fraction of sp³-hybridized carbons (Fsp3) is 0.429. The predicted molar refractivity (Wildman–Crippen MR) is 66.8 cm³/mol. The number of nitrogens with one attached hydrogen (secondary N) is 1. The molecule has 1 aromatic carbocycles. The monoisotopic (exact) mass is 228 g/mol. The van der Waals surface area contributed by atoms with E-state index in [1.54, 1.807) is 0 Å². The molecule has 17 heavy (non-hydrogen) atoms. The van der Waals surface area contributed by atoms with E-state index in [1.807, 2.05) is 6.07 Å². The Morgan fingerprint density at radius 1 is 1.24 bits per heavy atom. The maximum absolute atomic E-state index is 11.5. The maximum Gasteiger partial charge on any atom is 0.243 e. The first-order valence-electron chi connectivity index (χ1n) is 6.29. The van der Waals surface area contributed by atoms with Crippen LogP contribution < -0.4 is 5.43 Å². The summed E-state index contributed by atoms with van der Waals surface area (Å²) in [5, 5.41) is 4.30. The van der Waals surface area contributed by atoms with Crippen molar-refractivity contribution in [3.05, 3.63) is 35.4 Å². The molecule has 0 aromatic heterocycles. The lowest BCUT2D eigenvalue weighted by Crippen LogP contribution is -2.23. The van der Waals surface area contributed by atoms with Gasteiger partial charge in [-0.15, -0.1) is 0 Å². The van der Waals surface area contributed by atoms with E-state index in [2.05, 4.69) is 28.7 Å². The normalized spacial score (nSPS) is 21.1. The second-order valence-electron chi connectivity index (χ2n) is 4.82. The average Bonchev–Trinajstić information content (AvgIpc) is 3.20. The Morgan fingerprint density at radius 3 is 2.88 bits per heavy atom. The Labute approximate surface area is 101 Å². The molecule has 2 aliphatic carbocycles. The van der Waals surface area contributed by atoms with Crippen molar-refractivity contribution < 1.29 is 4.79 Å². The Hall–Kier alpha value is -1.64. The second kappa shape index (κ2) is 4.32. The van der Waals surface area contributed by atoms with Crippen LogP contribution in [0.1, 0.15) is 36.8 Å². The minimum atomic E-state index is 0.0838. The number of carbonyl (C=O) groups is 1. The van der Waals surface area contributed by atoms with Crippen LogP contribution in [0.4, 0.5) is 0 Å². The van der Waals surface area contributed by atoms with Crippen molar-refractivity contribution in [2.75, 3.05) is 0 Å². The SMILES string of the molecule is O=C(N/N=C1\CCCc2ccccc21)C1CC1. The van der Waals surface area contributed by atoms with Gasteiger partial charge in [-0.05, 0) is 37.7 Å². The molecule has 0 atom stereocenters. The molecule has 3 nitrogen and oxygen atoms in total. The third kappa shape index (κ3) is 2.23. The lowest BCUT2D eigenvalue weighted by Gasteiger charge is -2.17. The molecule has 1 saturated carbocycles. The molecule has 1 aromatic rings. The third-order valence-electron chi connectivity index (χ3n) is 3.44. The molecule has 0 radical (unpaired) electrons. The summed E-state index contributed by atoms with van der Waals surface area (Å²) >= 11 is 0. The molecule has 0 aliphatic heterocycles. The highest BCUT2D eigenvalue weighted by molar-refractivity contribution is 6.03. The summed E-state index contributed by atoms with van der Waals surface area (Å²) in [4.78, 5) is 11.5. The van der Waals surface area contributed by atoms with Gasteiger partial charge in [-0.1, -0.05) is 24.3 Å². The van der Waals surface area contributed by atoms with E-state index in [4.69, 9.17) is 0 Å². The molecule has 0 saturated heterocycles. The number of aryl methyl sites for hydroxylation is 1. The summed E-state index contributed by atoms with van der Waals surface area (Å²) in [5.74, 6) is 0.304. The zero-order valence-corrected chi connectivity index (χ0v) is 9.78. The summed E-state index contributed by atoms with van der Waals surface area (Å²) in [6, 6.07) is 8.33. The predicted octanol–water partition coefficient (Wildman–Crippen LogP) is 2.25. The molecule has 88 valence electrons. The van der Waals surface area contributed by atoms with Crippen LogP contribution in [0.2, 0.25) is 0 Å². The van der Waals surface area contributed by atoms with E-state index in [0.29, 0.717) is 0 Å². The fourth-order valence-electron chi connectivity index (χ4n) is 2.28. The Balaban J connectivity index is 1.79. The van der Waals surface area contributed by atoms with E-state index in [-0.39, 0.29) is 11.8 Å². The molecule has 0 heterocycles. The molecule has 1 N–H and O–H groups in total. The van der Waals surface area contributed by atoms with E-state index < -0.39 is 0 Å². The molecule has 1 fully saturated rings. The van der Waals surface area contributed by atoms with Crippen molar-refractivity contribution in [1.82, 2.24) is 5.43 Å². The van der Waals surface area contributed by atoms with E-state index >= 15 is 0 Å². The minimum absolute atomic E-state index is 0.0838. The van der Waals surface area contributed by atoms with Crippen molar-refractivity contribution in [1.29, 1.82) is 0 Å². The quantitative estimate of drug-likeness (QED) is 0.775. The van der Waals surface area contributed by atoms with E-state index in [1.165, 1.54) is 11.1 Å². The topological polar surface area (TPSA) is 41.5 Å². The number of nitrogens with zero attached hydrogens (tertiary/aromatic N) is 1. The first kappa shape index (κ1) is 10.5. The van der Waals surface area contributed by atoms with Gasteiger partial charge >= 0.3 is 0 Å². The average molecular weight is 228 g/mol. The Kier molecular flexibility index (Phi) is 2.67. The van der Waals surface area contributed by atoms with Gasteiger partial charge in [0.1, 0.15) is 0 Å². The Bertz CT molecular complexity index is 475. The fourth-order valence-corrected chi connectivity index (χ4v) is 2.28. The molecule has 0 bridgehead atoms. The Morgan fingerprint density at radius 2 is 2.06 bits per heavy atom. The summed E-state index contributed by atoms with van der Waals surface area (Å²) in [6.45, 7) is 0. The molecule has 0 spiro atoms. The van der Waals surface area contributed by atoms with Gasteiger partial charge in [0, 0.05) is 11.5 Å². The first-order valence-corrected chi connectivity index (χ1v) is 6.29. The van der Waals surface area contributed by atoms with Crippen LogP contribution in [0.25, 0.3) is 0 Å². The maximum atomic E-state index is 11.5. The van der Waals surface area contributed by atoms with Gasteiger partial charge in [0.05, 0.1) is 5.71 Å². The summed E-state index contributed by atoms with van der Waals surface area (Å²) < 4.78 is 0. The highest BCUT2D eigenvalue weighted by Crippen LogP contribution is 2.29. The third-order valence-corrected chi connectivity index (χ3v) is 3.44. The van der Waals surface area contributed by atoms with Crippen LogP contribution >= 0.6 is 0 Å². The van der Waals surface area contributed by atoms with Gasteiger partial charge < -0.3 is 0 Å². The summed E-state index contributed by atoms with van der Waals surface area (Å²) in [7, 11) is 0. The van der Waals surface area contributed by atoms with Gasteiger partial charge in [0.25, 0.3) is 0 Å². The van der Waals surface area contributed by atoms with Crippen LogP contribution in [-0.4, -0.2) is 11.6 Å². The molecule has 1 amide bonds. The van der Waals surface area contributed by atoms with Gasteiger partial charge in [-0.3, -0.25) is 4.79 Å². The number of hydrogen-bond acceptors (Lipinski definition) is 2. The number of amides is 1. The van der Waals surface area contributed by atoms with Gasteiger partial charge in [0.15, 0.2) is 0 Å². The number of rotatable bonds is 2. The van der Waals surface area contributed by atoms with E-state index in [0.717, 1.165) is 37.8 Å². The van der Waals surface area contributed by atoms with E-state index in [9.17, 15) is 4.79 Å². The molecular weight excluding hydrogens is 212 g/mol. The summed E-state index contributed by atoms with van der Waals surface area (Å²) in [5.41, 5.74) is 6.28. The largest absolute Gasteiger partial charge is 0.273 e. The van der Waals surface area contributed by atoms with Gasteiger partial charge in [-0.25, -0.2) is 5.43 Å². The number of fused-ring (bicyclic) bond motifs is 1. The highest BCUT2D eigenvalue weighted by atomic mass is 16.2. The lowest BCUT2D eigenvalue weighted by atomic mass is 9.90. The highest BCUT2D eigenvalue weighted by Gasteiger charge is 2.29. The summed E-state index contributed by atoms with van der Waals surface area (Å²) in [6.07, 6.45) is 5.24. The molecule has 3 rings (SSSR count). The van der Waals surface area contributed by atoms with Crippen molar-refractivity contribution in [3.8, 4) is 0 Å². The first-order chi connectivity index (χ1) is 8.34. The van der Waals surface area contributed by atoms with Crippen LogP contribution in [0.5, 0.6) is 0 Å². The van der Waals surface area contributed by atoms with Crippen molar-refractivity contribution in [2.24, 2.45) is 11.0 Å².